The van der Waals surface area contributed by atoms with Crippen LogP contribution in [0, 0.1) is 0 Å². The van der Waals surface area contributed by atoms with Crippen LogP contribution in [-0.2, 0) is 14.9 Å². The third kappa shape index (κ3) is 4.03. The maximum absolute atomic E-state index is 10.7. The molecular weight excluding hydrogens is 212 g/mol. The van der Waals surface area contributed by atoms with Gasteiger partial charge in [0.1, 0.15) is 5.25 Å². The minimum atomic E-state index is -4.51. The van der Waals surface area contributed by atoms with Gasteiger partial charge < -0.3 is 10.2 Å². The van der Waals surface area contributed by atoms with Crippen molar-refractivity contribution in [2.24, 2.45) is 0 Å². The van der Waals surface area contributed by atoms with E-state index in [0.29, 0.717) is 12.8 Å². The van der Waals surface area contributed by atoms with Gasteiger partial charge in [-0.25, -0.2) is 4.79 Å². The minimum Gasteiger partial charge on any atom is -0.479 e. The molecule has 0 aromatic rings. The van der Waals surface area contributed by atoms with Crippen LogP contribution in [0.15, 0.2) is 0 Å². The molecular formula is C7H14O6S. The molecule has 3 N–H and O–H groups in total. The topological polar surface area (TPSA) is 112 Å². The highest BCUT2D eigenvalue weighted by Gasteiger charge is 2.34. The monoisotopic (exact) mass is 226 g/mol. The van der Waals surface area contributed by atoms with E-state index in [1.807, 2.05) is 0 Å². The van der Waals surface area contributed by atoms with Crippen molar-refractivity contribution in [3.05, 3.63) is 0 Å². The summed E-state index contributed by atoms with van der Waals surface area (Å²) in [5, 5.41) is 15.8. The Morgan fingerprint density at radius 2 is 1.93 bits per heavy atom. The van der Waals surface area contributed by atoms with Gasteiger partial charge in [-0.3, -0.25) is 4.55 Å². The van der Waals surface area contributed by atoms with Gasteiger partial charge >= 0.3 is 5.97 Å². The molecule has 0 aliphatic heterocycles. The third-order valence-corrected chi connectivity index (χ3v) is 3.09. The molecule has 2 atom stereocenters. The molecule has 0 aliphatic carbocycles. The average Bonchev–Trinajstić information content (AvgIpc) is 2.02. The summed E-state index contributed by atoms with van der Waals surface area (Å²) in [5.74, 6) is -1.65. The summed E-state index contributed by atoms with van der Waals surface area (Å²) in [5.41, 5.74) is 0. The van der Waals surface area contributed by atoms with Crippen LogP contribution < -0.4 is 0 Å². The molecule has 0 saturated heterocycles. The highest BCUT2D eigenvalue weighted by atomic mass is 32.2. The lowest BCUT2D eigenvalue weighted by Crippen LogP contribution is -2.39. The number of aliphatic hydroxyl groups excluding tert-OH is 1. The molecule has 2 unspecified atom stereocenters. The molecule has 0 heterocycles. The van der Waals surface area contributed by atoms with Gasteiger partial charge in [0.15, 0.2) is 6.10 Å². The molecule has 6 nitrogen and oxygen atoms in total. The van der Waals surface area contributed by atoms with Crippen LogP contribution in [-0.4, -0.2) is 40.5 Å². The molecule has 0 amide bonds. The molecule has 0 fully saturated rings. The highest BCUT2D eigenvalue weighted by molar-refractivity contribution is 7.86. The van der Waals surface area contributed by atoms with Gasteiger partial charge in [-0.15, -0.1) is 0 Å². The number of hydrogen-bond acceptors (Lipinski definition) is 4. The molecule has 0 bridgehead atoms. The van der Waals surface area contributed by atoms with Gasteiger partial charge in [0.05, 0.1) is 0 Å². The summed E-state index contributed by atoms with van der Waals surface area (Å²) >= 11 is 0. The number of unbranched alkanes of at least 4 members (excludes halogenated alkanes) is 1. The zero-order valence-electron chi connectivity index (χ0n) is 7.75. The Labute approximate surface area is 82.3 Å². The Bertz CT molecular complexity index is 283. The van der Waals surface area contributed by atoms with Gasteiger partial charge in [0.2, 0.25) is 0 Å². The normalized spacial score (nSPS) is 16.2. The second-order valence-corrected chi connectivity index (χ2v) is 4.61. The van der Waals surface area contributed by atoms with Crippen molar-refractivity contribution in [3.63, 3.8) is 0 Å². The van der Waals surface area contributed by atoms with Crippen LogP contribution in [0.25, 0.3) is 0 Å². The number of hydrogen-bond donors (Lipinski definition) is 3. The molecule has 0 aromatic carbocycles. The number of carbonyl (C=O) groups is 1. The van der Waals surface area contributed by atoms with E-state index < -0.39 is 27.4 Å². The highest BCUT2D eigenvalue weighted by Crippen LogP contribution is 2.13. The maximum atomic E-state index is 10.7. The quantitative estimate of drug-likeness (QED) is 0.544. The van der Waals surface area contributed by atoms with Crippen molar-refractivity contribution < 1.29 is 28.0 Å². The molecule has 0 saturated carbocycles. The predicted molar refractivity (Wildman–Crippen MR) is 48.5 cm³/mol. The first-order valence-electron chi connectivity index (χ1n) is 4.17. The van der Waals surface area contributed by atoms with Crippen molar-refractivity contribution in [2.45, 2.75) is 37.5 Å². The maximum Gasteiger partial charge on any atom is 0.333 e. The molecule has 0 radical (unpaired) electrons. The third-order valence-electron chi connectivity index (χ3n) is 1.83. The number of aliphatic hydroxyl groups is 1. The molecule has 14 heavy (non-hydrogen) atoms. The standard InChI is InChI=1S/C7H14O6S/c1-2-3-4-5(14(11,12)13)6(8)7(9)10/h5-6,8H,2-4H2,1H3,(H,9,10)(H,11,12,13). The lowest BCUT2D eigenvalue weighted by molar-refractivity contribution is -0.146. The summed E-state index contributed by atoms with van der Waals surface area (Å²) in [7, 11) is -4.51. The first kappa shape index (κ1) is 13.3. The van der Waals surface area contributed by atoms with Gasteiger partial charge in [-0.1, -0.05) is 19.8 Å². The zero-order chi connectivity index (χ0) is 11.4. The van der Waals surface area contributed by atoms with Crippen molar-refractivity contribution in [1.29, 1.82) is 0 Å². The Balaban J connectivity index is 4.65. The molecule has 0 aliphatic rings. The second-order valence-electron chi connectivity index (χ2n) is 2.98. The van der Waals surface area contributed by atoms with E-state index in [1.165, 1.54) is 0 Å². The van der Waals surface area contributed by atoms with E-state index in [9.17, 15) is 13.2 Å². The fourth-order valence-electron chi connectivity index (χ4n) is 1.03. The lowest BCUT2D eigenvalue weighted by Gasteiger charge is -2.16. The Kier molecular flexibility index (Phi) is 5.03. The molecule has 7 heteroatoms. The molecule has 84 valence electrons. The summed E-state index contributed by atoms with van der Waals surface area (Å²) in [4.78, 5) is 10.3. The minimum absolute atomic E-state index is 0.0667. The second kappa shape index (κ2) is 5.28. The Morgan fingerprint density at radius 3 is 2.21 bits per heavy atom. The van der Waals surface area contributed by atoms with E-state index in [1.54, 1.807) is 6.92 Å². The lowest BCUT2D eigenvalue weighted by atomic mass is 10.1. The summed E-state index contributed by atoms with van der Waals surface area (Å²) in [6.07, 6.45) is -1.06. The van der Waals surface area contributed by atoms with Crippen LogP contribution in [0.1, 0.15) is 26.2 Å². The first-order valence-corrected chi connectivity index (χ1v) is 5.68. The van der Waals surface area contributed by atoms with E-state index >= 15 is 0 Å². The van der Waals surface area contributed by atoms with Crippen molar-refractivity contribution >= 4 is 16.1 Å². The smallest absolute Gasteiger partial charge is 0.333 e. The number of carboxylic acids is 1. The summed E-state index contributed by atoms with van der Waals surface area (Å²) in [6.45, 7) is 1.79. The van der Waals surface area contributed by atoms with Crippen LogP contribution >= 0.6 is 0 Å². The molecule has 0 aromatic heterocycles. The summed E-state index contributed by atoms with van der Waals surface area (Å²) < 4.78 is 30.1. The van der Waals surface area contributed by atoms with Gasteiger partial charge in [0.25, 0.3) is 10.1 Å². The average molecular weight is 226 g/mol. The van der Waals surface area contributed by atoms with Crippen molar-refractivity contribution in [3.8, 4) is 0 Å². The first-order chi connectivity index (χ1) is 6.30. The zero-order valence-corrected chi connectivity index (χ0v) is 8.57. The van der Waals surface area contributed by atoms with Crippen molar-refractivity contribution in [2.75, 3.05) is 0 Å². The van der Waals surface area contributed by atoms with Gasteiger partial charge in [0, 0.05) is 0 Å². The molecule has 0 spiro atoms. The molecule has 0 rings (SSSR count). The fraction of sp³-hybridized carbons (Fsp3) is 0.857. The number of rotatable bonds is 6. The van der Waals surface area contributed by atoms with E-state index in [2.05, 4.69) is 0 Å². The van der Waals surface area contributed by atoms with E-state index in [0.717, 1.165) is 0 Å². The summed E-state index contributed by atoms with van der Waals surface area (Å²) in [6, 6.07) is 0. The van der Waals surface area contributed by atoms with Crippen LogP contribution in [0.4, 0.5) is 0 Å². The Hall–Kier alpha value is -0.660. The van der Waals surface area contributed by atoms with E-state index in [4.69, 9.17) is 14.8 Å². The number of carboxylic acid groups (broad SMARTS) is 1. The van der Waals surface area contributed by atoms with Crippen LogP contribution in [0.3, 0.4) is 0 Å². The van der Waals surface area contributed by atoms with Crippen LogP contribution in [0.5, 0.6) is 0 Å². The SMILES string of the molecule is CCCCC(C(O)C(=O)O)S(=O)(=O)O. The largest absolute Gasteiger partial charge is 0.479 e. The van der Waals surface area contributed by atoms with Crippen LogP contribution in [0.2, 0.25) is 0 Å². The van der Waals surface area contributed by atoms with Crippen molar-refractivity contribution in [1.82, 2.24) is 0 Å². The fourth-order valence-corrected chi connectivity index (χ4v) is 1.94. The van der Waals surface area contributed by atoms with E-state index in [-0.39, 0.29) is 6.42 Å². The predicted octanol–water partition coefficient (Wildman–Crippen LogP) is -0.122. The van der Waals surface area contributed by atoms with Gasteiger partial charge in [-0.2, -0.15) is 8.42 Å². The Morgan fingerprint density at radius 1 is 1.43 bits per heavy atom. The van der Waals surface area contributed by atoms with Gasteiger partial charge in [-0.05, 0) is 6.42 Å². The number of aliphatic carboxylic acids is 1.